The van der Waals surface area contributed by atoms with Crippen LogP contribution >= 0.6 is 22.9 Å². The van der Waals surface area contributed by atoms with Crippen molar-refractivity contribution in [2.45, 2.75) is 50.3 Å². The first-order chi connectivity index (χ1) is 12.6. The first-order valence-electron chi connectivity index (χ1n) is 9.25. The Hall–Kier alpha value is -1.40. The van der Waals surface area contributed by atoms with Crippen molar-refractivity contribution in [1.29, 1.82) is 0 Å². The minimum Gasteiger partial charge on any atom is -0.369 e. The van der Waals surface area contributed by atoms with E-state index in [0.717, 1.165) is 47.5 Å². The van der Waals surface area contributed by atoms with Crippen molar-refractivity contribution in [3.63, 3.8) is 0 Å². The van der Waals surface area contributed by atoms with Gasteiger partial charge in [-0.05, 0) is 61.9 Å². The van der Waals surface area contributed by atoms with Crippen LogP contribution in [0.4, 0.5) is 0 Å². The largest absolute Gasteiger partial charge is 0.369 e. The van der Waals surface area contributed by atoms with Crippen molar-refractivity contribution in [1.82, 2.24) is 15.5 Å². The number of thiophene rings is 1. The Labute approximate surface area is 161 Å². The van der Waals surface area contributed by atoms with Crippen molar-refractivity contribution in [3.05, 3.63) is 50.8 Å². The van der Waals surface area contributed by atoms with E-state index in [-0.39, 0.29) is 5.60 Å². The van der Waals surface area contributed by atoms with E-state index in [9.17, 15) is 0 Å². The molecule has 0 bridgehead atoms. The number of hydrogen-bond acceptors (Lipinski definition) is 4. The summed E-state index contributed by atoms with van der Waals surface area (Å²) in [5, 5.41) is 12.2. The molecule has 1 spiro atoms. The summed E-state index contributed by atoms with van der Waals surface area (Å²) in [6.07, 6.45) is 5.92. The topological polar surface area (TPSA) is 49.9 Å². The predicted octanol–water partition coefficient (Wildman–Crippen LogP) is 4.95. The quantitative estimate of drug-likeness (QED) is 0.621. The van der Waals surface area contributed by atoms with Gasteiger partial charge in [0.1, 0.15) is 5.60 Å². The number of benzene rings is 1. The van der Waals surface area contributed by atoms with E-state index in [2.05, 4.69) is 46.7 Å². The van der Waals surface area contributed by atoms with Gasteiger partial charge in [-0.25, -0.2) is 0 Å². The molecule has 1 saturated heterocycles. The number of halogens is 1. The molecule has 136 valence electrons. The number of rotatable bonds is 1. The Morgan fingerprint density at radius 1 is 1.35 bits per heavy atom. The van der Waals surface area contributed by atoms with Crippen LogP contribution in [0.25, 0.3) is 10.9 Å². The number of H-pyrrole nitrogens is 1. The van der Waals surface area contributed by atoms with Gasteiger partial charge in [-0.2, -0.15) is 5.10 Å². The fourth-order valence-electron chi connectivity index (χ4n) is 4.63. The average molecular weight is 388 g/mol. The molecule has 1 aromatic carbocycles. The fourth-order valence-corrected chi connectivity index (χ4v) is 6.11. The van der Waals surface area contributed by atoms with Crippen LogP contribution in [0.5, 0.6) is 0 Å². The summed E-state index contributed by atoms with van der Waals surface area (Å²) in [7, 11) is 0. The van der Waals surface area contributed by atoms with Crippen molar-refractivity contribution in [2.24, 2.45) is 0 Å². The highest BCUT2D eigenvalue weighted by Gasteiger charge is 2.43. The number of nitrogens with one attached hydrogen (secondary N) is 2. The van der Waals surface area contributed by atoms with Crippen LogP contribution < -0.4 is 5.32 Å². The molecule has 0 radical (unpaired) electrons. The molecule has 2 aromatic heterocycles. The van der Waals surface area contributed by atoms with Crippen LogP contribution in [0.1, 0.15) is 48.2 Å². The standard InChI is InChI=1S/C20H22ClN3OS/c1-12-10-20(19-14(5-7-25-20)9-18(21)26-19)6-4-16(23-12)13-2-3-17-15(8-13)11-22-24-17/h2-3,8-9,11-12,16,23H,4-7,10H2,1H3,(H,22,24)/t12-,16-,20+/m0/s1. The van der Waals surface area contributed by atoms with Gasteiger partial charge in [0.2, 0.25) is 0 Å². The summed E-state index contributed by atoms with van der Waals surface area (Å²) in [5.74, 6) is 0. The summed E-state index contributed by atoms with van der Waals surface area (Å²) in [6.45, 7) is 3.06. The maximum atomic E-state index is 6.44. The van der Waals surface area contributed by atoms with E-state index in [1.165, 1.54) is 16.0 Å². The molecule has 26 heavy (non-hydrogen) atoms. The Bertz CT molecular complexity index is 952. The zero-order valence-electron chi connectivity index (χ0n) is 14.7. The molecule has 5 rings (SSSR count). The summed E-state index contributed by atoms with van der Waals surface area (Å²) >= 11 is 8.05. The summed E-state index contributed by atoms with van der Waals surface area (Å²) in [6, 6.07) is 9.41. The maximum absolute atomic E-state index is 6.44. The third-order valence-electron chi connectivity index (χ3n) is 5.77. The van der Waals surface area contributed by atoms with Crippen molar-refractivity contribution in [2.75, 3.05) is 6.61 Å². The summed E-state index contributed by atoms with van der Waals surface area (Å²) in [5.41, 5.74) is 3.60. The van der Waals surface area contributed by atoms with Crippen LogP contribution in [-0.4, -0.2) is 22.8 Å². The molecule has 3 atom stereocenters. The average Bonchev–Trinajstić information content (AvgIpc) is 3.20. The van der Waals surface area contributed by atoms with E-state index >= 15 is 0 Å². The van der Waals surface area contributed by atoms with Crippen LogP contribution in [0.2, 0.25) is 4.34 Å². The first kappa shape index (κ1) is 16.8. The number of hydrogen-bond donors (Lipinski definition) is 2. The van der Waals surface area contributed by atoms with Gasteiger partial charge in [0, 0.05) is 22.3 Å². The van der Waals surface area contributed by atoms with Gasteiger partial charge in [0.05, 0.1) is 22.7 Å². The highest BCUT2D eigenvalue weighted by Crippen LogP contribution is 2.48. The minimum atomic E-state index is -0.188. The Kier molecular flexibility index (Phi) is 4.09. The molecule has 0 aliphatic carbocycles. The van der Waals surface area contributed by atoms with Crippen LogP contribution in [0.3, 0.4) is 0 Å². The lowest BCUT2D eigenvalue weighted by Crippen LogP contribution is -2.38. The van der Waals surface area contributed by atoms with Crippen molar-refractivity contribution >= 4 is 33.8 Å². The number of aromatic amines is 1. The molecule has 4 heterocycles. The molecule has 2 aliphatic heterocycles. The second kappa shape index (κ2) is 6.34. The Morgan fingerprint density at radius 3 is 3.19 bits per heavy atom. The third kappa shape index (κ3) is 2.78. The van der Waals surface area contributed by atoms with Crippen molar-refractivity contribution < 1.29 is 4.74 Å². The van der Waals surface area contributed by atoms with Gasteiger partial charge in [-0.1, -0.05) is 17.7 Å². The Balaban J connectivity index is 1.47. The van der Waals surface area contributed by atoms with Gasteiger partial charge in [-0.15, -0.1) is 11.3 Å². The molecule has 0 unspecified atom stereocenters. The van der Waals surface area contributed by atoms with Crippen LogP contribution in [0.15, 0.2) is 30.5 Å². The van der Waals surface area contributed by atoms with Crippen LogP contribution in [0, 0.1) is 0 Å². The monoisotopic (exact) mass is 387 g/mol. The van der Waals surface area contributed by atoms with Gasteiger partial charge in [0.15, 0.2) is 0 Å². The van der Waals surface area contributed by atoms with E-state index in [4.69, 9.17) is 16.3 Å². The minimum absolute atomic E-state index is 0.188. The van der Waals surface area contributed by atoms with E-state index in [1.807, 2.05) is 6.20 Å². The number of aromatic nitrogens is 2. The molecule has 0 saturated carbocycles. The fraction of sp³-hybridized carbons (Fsp3) is 0.450. The Morgan fingerprint density at radius 2 is 2.27 bits per heavy atom. The molecule has 6 heteroatoms. The zero-order valence-corrected chi connectivity index (χ0v) is 16.3. The number of fused-ring (bicyclic) bond motifs is 3. The van der Waals surface area contributed by atoms with E-state index in [1.54, 1.807) is 11.3 Å². The molecular weight excluding hydrogens is 366 g/mol. The van der Waals surface area contributed by atoms with Gasteiger partial charge in [0.25, 0.3) is 0 Å². The van der Waals surface area contributed by atoms with E-state index in [0.29, 0.717) is 12.1 Å². The first-order valence-corrected chi connectivity index (χ1v) is 10.4. The smallest absolute Gasteiger partial charge is 0.104 e. The lowest BCUT2D eigenvalue weighted by molar-refractivity contribution is -0.0704. The molecular formula is C20H22ClN3OS. The second-order valence-electron chi connectivity index (χ2n) is 7.58. The van der Waals surface area contributed by atoms with E-state index < -0.39 is 0 Å². The molecule has 3 aromatic rings. The number of ether oxygens (including phenoxy) is 1. The van der Waals surface area contributed by atoms with Gasteiger partial charge < -0.3 is 10.1 Å². The SMILES string of the molecule is C[C@H]1C[C@@]2(CC[C@@H](c3ccc4[nH]ncc4c3)N1)OCCc1cc(Cl)sc12. The molecule has 0 amide bonds. The predicted molar refractivity (Wildman–Crippen MR) is 106 cm³/mol. The summed E-state index contributed by atoms with van der Waals surface area (Å²) < 4.78 is 7.32. The molecule has 2 aliphatic rings. The normalized spacial score (nSPS) is 29.0. The third-order valence-corrected chi connectivity index (χ3v) is 7.26. The molecule has 1 fully saturated rings. The number of nitrogens with zero attached hydrogens (tertiary/aromatic N) is 1. The zero-order chi connectivity index (χ0) is 17.7. The summed E-state index contributed by atoms with van der Waals surface area (Å²) in [4.78, 5) is 1.35. The van der Waals surface area contributed by atoms with Crippen molar-refractivity contribution in [3.8, 4) is 0 Å². The van der Waals surface area contributed by atoms with Gasteiger partial charge in [-0.3, -0.25) is 5.10 Å². The van der Waals surface area contributed by atoms with Crippen LogP contribution in [-0.2, 0) is 16.8 Å². The molecule has 4 nitrogen and oxygen atoms in total. The highest BCUT2D eigenvalue weighted by molar-refractivity contribution is 7.16. The lowest BCUT2D eigenvalue weighted by atomic mass is 9.85. The lowest BCUT2D eigenvalue weighted by Gasteiger charge is -2.37. The highest BCUT2D eigenvalue weighted by atomic mass is 35.5. The van der Waals surface area contributed by atoms with Gasteiger partial charge >= 0.3 is 0 Å². The molecule has 2 N–H and O–H groups in total. The second-order valence-corrected chi connectivity index (χ2v) is 9.26. The maximum Gasteiger partial charge on any atom is 0.104 e.